The minimum absolute atomic E-state index is 0.653. The summed E-state index contributed by atoms with van der Waals surface area (Å²) in [6.45, 7) is 1.32. The van der Waals surface area contributed by atoms with Gasteiger partial charge in [-0.2, -0.15) is 5.10 Å². The number of hydrogen-bond donors (Lipinski definition) is 1. The number of rotatable bonds is 2. The standard InChI is InChI=1S/C13H13ClN4/c14-17-6-5-10-7-16-18(13(10)9-17)8-11-3-1-2-4-12(11)15/h1-7H,8-9,15H2. The lowest BCUT2D eigenvalue weighted by Crippen LogP contribution is -2.15. The molecule has 0 atom stereocenters. The zero-order valence-electron chi connectivity index (χ0n) is 9.75. The average molecular weight is 261 g/mol. The van der Waals surface area contributed by atoms with E-state index >= 15 is 0 Å². The normalized spacial score (nSPS) is 13.7. The molecule has 0 amide bonds. The molecular formula is C13H13ClN4. The van der Waals surface area contributed by atoms with Crippen molar-refractivity contribution < 1.29 is 0 Å². The fourth-order valence-corrected chi connectivity index (χ4v) is 2.24. The third-order valence-electron chi connectivity index (χ3n) is 3.07. The number of para-hydroxylation sites is 1. The predicted molar refractivity (Wildman–Crippen MR) is 72.6 cm³/mol. The first-order valence-corrected chi connectivity index (χ1v) is 6.06. The van der Waals surface area contributed by atoms with Gasteiger partial charge in [-0.25, -0.2) is 0 Å². The maximum absolute atomic E-state index is 5.99. The molecule has 2 heterocycles. The Bertz CT molecular complexity index is 603. The van der Waals surface area contributed by atoms with Crippen LogP contribution in [0.4, 0.5) is 5.69 Å². The Morgan fingerprint density at radius 1 is 1.33 bits per heavy atom. The quantitative estimate of drug-likeness (QED) is 0.667. The van der Waals surface area contributed by atoms with E-state index in [1.165, 1.54) is 0 Å². The predicted octanol–water partition coefficient (Wildman–Crippen LogP) is 2.45. The maximum atomic E-state index is 5.99. The van der Waals surface area contributed by atoms with Gasteiger partial charge in [0.25, 0.3) is 0 Å². The number of anilines is 1. The molecule has 18 heavy (non-hydrogen) atoms. The molecule has 0 unspecified atom stereocenters. The van der Waals surface area contributed by atoms with Crippen molar-refractivity contribution in [1.29, 1.82) is 0 Å². The molecule has 0 spiro atoms. The van der Waals surface area contributed by atoms with E-state index in [1.807, 2.05) is 47.4 Å². The second-order valence-corrected chi connectivity index (χ2v) is 4.71. The van der Waals surface area contributed by atoms with Gasteiger partial charge >= 0.3 is 0 Å². The van der Waals surface area contributed by atoms with E-state index in [1.54, 1.807) is 4.42 Å². The minimum atomic E-state index is 0.653. The summed E-state index contributed by atoms with van der Waals surface area (Å²) >= 11 is 5.99. The van der Waals surface area contributed by atoms with Gasteiger partial charge in [0, 0.05) is 29.2 Å². The Morgan fingerprint density at radius 2 is 2.17 bits per heavy atom. The Kier molecular flexibility index (Phi) is 2.72. The third-order valence-corrected chi connectivity index (χ3v) is 3.31. The number of nitrogens with two attached hydrogens (primary N) is 1. The van der Waals surface area contributed by atoms with Crippen LogP contribution in [0.2, 0.25) is 0 Å². The fourth-order valence-electron chi connectivity index (χ4n) is 2.07. The molecule has 1 aliphatic heterocycles. The van der Waals surface area contributed by atoms with Crippen LogP contribution in [0.25, 0.3) is 6.08 Å². The summed E-state index contributed by atoms with van der Waals surface area (Å²) in [4.78, 5) is 0. The van der Waals surface area contributed by atoms with E-state index in [2.05, 4.69) is 5.10 Å². The maximum Gasteiger partial charge on any atom is 0.0768 e. The van der Waals surface area contributed by atoms with Crippen molar-refractivity contribution in [3.8, 4) is 0 Å². The van der Waals surface area contributed by atoms with E-state index < -0.39 is 0 Å². The number of nitrogens with zero attached hydrogens (tertiary/aromatic N) is 3. The van der Waals surface area contributed by atoms with Crippen molar-refractivity contribution in [3.63, 3.8) is 0 Å². The molecule has 1 aromatic carbocycles. The van der Waals surface area contributed by atoms with Crippen molar-refractivity contribution in [3.05, 3.63) is 53.5 Å². The molecule has 0 radical (unpaired) electrons. The smallest absolute Gasteiger partial charge is 0.0768 e. The van der Waals surface area contributed by atoms with E-state index in [4.69, 9.17) is 17.5 Å². The van der Waals surface area contributed by atoms with Gasteiger partial charge in [0.2, 0.25) is 0 Å². The molecule has 1 aliphatic rings. The molecule has 0 fully saturated rings. The molecule has 5 heteroatoms. The van der Waals surface area contributed by atoms with Crippen molar-refractivity contribution >= 4 is 23.5 Å². The molecular weight excluding hydrogens is 248 g/mol. The molecule has 0 saturated carbocycles. The number of aromatic nitrogens is 2. The first kappa shape index (κ1) is 11.2. The summed E-state index contributed by atoms with van der Waals surface area (Å²) < 4.78 is 3.56. The highest BCUT2D eigenvalue weighted by Crippen LogP contribution is 2.22. The van der Waals surface area contributed by atoms with E-state index in [0.29, 0.717) is 13.1 Å². The summed E-state index contributed by atoms with van der Waals surface area (Å²) in [5.74, 6) is 0. The highest BCUT2D eigenvalue weighted by molar-refractivity contribution is 6.14. The van der Waals surface area contributed by atoms with Gasteiger partial charge < -0.3 is 5.73 Å². The monoisotopic (exact) mass is 260 g/mol. The molecule has 0 bridgehead atoms. The zero-order valence-corrected chi connectivity index (χ0v) is 10.5. The van der Waals surface area contributed by atoms with Gasteiger partial charge in [0.1, 0.15) is 0 Å². The highest BCUT2D eigenvalue weighted by Gasteiger charge is 2.15. The molecule has 1 aromatic heterocycles. The van der Waals surface area contributed by atoms with Crippen molar-refractivity contribution in [2.45, 2.75) is 13.1 Å². The van der Waals surface area contributed by atoms with Crippen molar-refractivity contribution in [1.82, 2.24) is 14.2 Å². The molecule has 92 valence electrons. The second-order valence-electron chi connectivity index (χ2n) is 4.28. The lowest BCUT2D eigenvalue weighted by molar-refractivity contribution is 0.535. The van der Waals surface area contributed by atoms with E-state index in [0.717, 1.165) is 22.5 Å². The van der Waals surface area contributed by atoms with E-state index in [-0.39, 0.29) is 0 Å². The largest absolute Gasteiger partial charge is 0.398 e. The molecule has 0 aliphatic carbocycles. The van der Waals surface area contributed by atoms with Gasteiger partial charge in [-0.15, -0.1) is 0 Å². The van der Waals surface area contributed by atoms with Crippen LogP contribution >= 0.6 is 11.8 Å². The van der Waals surface area contributed by atoms with Crippen LogP contribution in [0.15, 0.2) is 36.7 Å². The molecule has 4 nitrogen and oxygen atoms in total. The van der Waals surface area contributed by atoms with Crippen LogP contribution < -0.4 is 5.73 Å². The topological polar surface area (TPSA) is 47.1 Å². The van der Waals surface area contributed by atoms with Gasteiger partial charge in [-0.3, -0.25) is 9.10 Å². The van der Waals surface area contributed by atoms with Crippen molar-refractivity contribution in [2.75, 3.05) is 5.73 Å². The van der Waals surface area contributed by atoms with Crippen LogP contribution in [0.3, 0.4) is 0 Å². The minimum Gasteiger partial charge on any atom is -0.398 e. The van der Waals surface area contributed by atoms with Gasteiger partial charge in [0.05, 0.1) is 25.0 Å². The molecule has 3 rings (SSSR count). The summed E-state index contributed by atoms with van der Waals surface area (Å²) in [6.07, 6.45) is 5.66. The summed E-state index contributed by atoms with van der Waals surface area (Å²) in [5.41, 5.74) is 10.0. The lowest BCUT2D eigenvalue weighted by atomic mass is 10.1. The van der Waals surface area contributed by atoms with Crippen LogP contribution in [-0.4, -0.2) is 14.2 Å². The zero-order chi connectivity index (χ0) is 12.5. The molecule has 2 N–H and O–H groups in total. The second kappa shape index (κ2) is 4.38. The summed E-state index contributed by atoms with van der Waals surface area (Å²) in [7, 11) is 0. The van der Waals surface area contributed by atoms with Crippen LogP contribution in [0, 0.1) is 0 Å². The Hall–Kier alpha value is -1.94. The number of hydrogen-bond acceptors (Lipinski definition) is 3. The number of nitrogen functional groups attached to an aromatic ring is 1. The number of halogens is 1. The highest BCUT2D eigenvalue weighted by atomic mass is 35.5. The Labute approximate surface area is 110 Å². The van der Waals surface area contributed by atoms with Gasteiger partial charge in [-0.05, 0) is 17.7 Å². The van der Waals surface area contributed by atoms with Crippen LogP contribution in [-0.2, 0) is 13.1 Å². The van der Waals surface area contributed by atoms with E-state index in [9.17, 15) is 0 Å². The van der Waals surface area contributed by atoms with Crippen LogP contribution in [0.5, 0.6) is 0 Å². The first-order chi connectivity index (χ1) is 8.74. The van der Waals surface area contributed by atoms with Gasteiger partial charge in [0.15, 0.2) is 0 Å². The molecule has 0 saturated heterocycles. The average Bonchev–Trinajstić information content (AvgIpc) is 2.75. The number of benzene rings is 1. The molecule has 2 aromatic rings. The van der Waals surface area contributed by atoms with Crippen molar-refractivity contribution in [2.24, 2.45) is 0 Å². The Morgan fingerprint density at radius 3 is 3.00 bits per heavy atom. The SMILES string of the molecule is Nc1ccccc1Cn1ncc2c1CN(Cl)C=C2. The summed E-state index contributed by atoms with van der Waals surface area (Å²) in [5, 5.41) is 4.39. The van der Waals surface area contributed by atoms with Gasteiger partial charge in [-0.1, -0.05) is 18.2 Å². The fraction of sp³-hybridized carbons (Fsp3) is 0.154. The van der Waals surface area contributed by atoms with Crippen LogP contribution in [0.1, 0.15) is 16.8 Å². The summed E-state index contributed by atoms with van der Waals surface area (Å²) in [6, 6.07) is 7.83. The lowest BCUT2D eigenvalue weighted by Gasteiger charge is -2.17. The Balaban J connectivity index is 1.93. The number of fused-ring (bicyclic) bond motifs is 1. The third kappa shape index (κ3) is 1.95. The first-order valence-electron chi connectivity index (χ1n) is 5.73.